The number of aromatic nitrogens is 2. The first-order valence-electron chi connectivity index (χ1n) is 3.52. The summed E-state index contributed by atoms with van der Waals surface area (Å²) < 4.78 is 12.8. The molecule has 0 bridgehead atoms. The van der Waals surface area contributed by atoms with Crippen LogP contribution in [0.2, 0.25) is 0 Å². The highest BCUT2D eigenvalue weighted by atomic mass is 19.1. The first kappa shape index (κ1) is 6.52. The van der Waals surface area contributed by atoms with Crippen LogP contribution in [0.3, 0.4) is 0 Å². The van der Waals surface area contributed by atoms with Gasteiger partial charge in [-0.05, 0) is 12.8 Å². The fourth-order valence-corrected chi connectivity index (χ4v) is 1.06. The molecule has 1 heterocycles. The van der Waals surface area contributed by atoms with Gasteiger partial charge >= 0.3 is 5.69 Å². The van der Waals surface area contributed by atoms with Crippen molar-refractivity contribution in [2.24, 2.45) is 0 Å². The Kier molecular flexibility index (Phi) is 1.27. The Balaban J connectivity index is 2.50. The quantitative estimate of drug-likeness (QED) is 0.649. The van der Waals surface area contributed by atoms with Crippen molar-refractivity contribution in [2.75, 3.05) is 0 Å². The summed E-state index contributed by atoms with van der Waals surface area (Å²) in [6.07, 6.45) is 2.92. The average Bonchev–Trinajstić information content (AvgIpc) is 2.76. The third-order valence-electron chi connectivity index (χ3n) is 1.78. The molecule has 1 aromatic rings. The molecular formula is C7H7FN2O. The van der Waals surface area contributed by atoms with E-state index in [0.717, 1.165) is 19.0 Å². The number of aromatic amines is 1. The van der Waals surface area contributed by atoms with E-state index in [1.54, 1.807) is 0 Å². The number of nitrogens with one attached hydrogen (secondary N) is 1. The minimum Gasteiger partial charge on any atom is -0.307 e. The summed E-state index contributed by atoms with van der Waals surface area (Å²) in [4.78, 5) is 16.3. The lowest BCUT2D eigenvalue weighted by Gasteiger charge is -1.96. The van der Waals surface area contributed by atoms with E-state index in [0.29, 0.717) is 5.69 Å². The molecule has 0 unspecified atom stereocenters. The van der Waals surface area contributed by atoms with Gasteiger partial charge in [-0.2, -0.15) is 4.98 Å². The van der Waals surface area contributed by atoms with Crippen LogP contribution in [0.4, 0.5) is 4.39 Å². The molecule has 1 fully saturated rings. The van der Waals surface area contributed by atoms with Gasteiger partial charge in [0.25, 0.3) is 0 Å². The monoisotopic (exact) mass is 154 g/mol. The van der Waals surface area contributed by atoms with E-state index in [1.807, 2.05) is 0 Å². The summed E-state index contributed by atoms with van der Waals surface area (Å²) in [6, 6.07) is 0. The van der Waals surface area contributed by atoms with E-state index in [4.69, 9.17) is 0 Å². The van der Waals surface area contributed by atoms with Gasteiger partial charge in [-0.1, -0.05) is 0 Å². The van der Waals surface area contributed by atoms with Gasteiger partial charge in [0.15, 0.2) is 5.82 Å². The summed E-state index contributed by atoms with van der Waals surface area (Å²) in [5.41, 5.74) is -0.0432. The van der Waals surface area contributed by atoms with Gasteiger partial charge in [-0.15, -0.1) is 0 Å². The van der Waals surface area contributed by atoms with Gasteiger partial charge in [0.05, 0.1) is 11.9 Å². The normalized spacial score (nSPS) is 16.8. The van der Waals surface area contributed by atoms with Gasteiger partial charge < -0.3 is 4.98 Å². The molecule has 4 heteroatoms. The van der Waals surface area contributed by atoms with Crippen molar-refractivity contribution in [3.8, 4) is 0 Å². The first-order chi connectivity index (χ1) is 5.27. The van der Waals surface area contributed by atoms with Gasteiger partial charge in [0, 0.05) is 5.92 Å². The van der Waals surface area contributed by atoms with Crippen molar-refractivity contribution < 1.29 is 4.39 Å². The van der Waals surface area contributed by atoms with E-state index < -0.39 is 11.5 Å². The van der Waals surface area contributed by atoms with E-state index in [-0.39, 0.29) is 5.92 Å². The Morgan fingerprint density at radius 3 is 3.00 bits per heavy atom. The molecule has 1 aromatic heterocycles. The van der Waals surface area contributed by atoms with Crippen LogP contribution in [0.1, 0.15) is 24.5 Å². The Morgan fingerprint density at radius 1 is 1.64 bits per heavy atom. The lowest BCUT2D eigenvalue weighted by molar-refractivity contribution is 0.588. The molecule has 0 aliphatic heterocycles. The second-order valence-corrected chi connectivity index (χ2v) is 2.72. The molecule has 0 radical (unpaired) electrons. The molecule has 0 amide bonds. The molecule has 58 valence electrons. The molecule has 2 rings (SSSR count). The van der Waals surface area contributed by atoms with E-state index in [1.165, 1.54) is 0 Å². The maximum Gasteiger partial charge on any atom is 0.345 e. The molecule has 3 nitrogen and oxygen atoms in total. The number of hydrogen-bond acceptors (Lipinski definition) is 2. The fraction of sp³-hybridized carbons (Fsp3) is 0.429. The van der Waals surface area contributed by atoms with Crippen LogP contribution in [0, 0.1) is 5.82 Å². The summed E-state index contributed by atoms with van der Waals surface area (Å²) >= 11 is 0. The molecule has 0 atom stereocenters. The zero-order chi connectivity index (χ0) is 7.84. The van der Waals surface area contributed by atoms with Crippen molar-refractivity contribution in [3.05, 3.63) is 28.2 Å². The van der Waals surface area contributed by atoms with Crippen LogP contribution in [0.25, 0.3) is 0 Å². The first-order valence-corrected chi connectivity index (χ1v) is 3.52. The minimum absolute atomic E-state index is 0.227. The second-order valence-electron chi connectivity index (χ2n) is 2.72. The number of hydrogen-bond donors (Lipinski definition) is 1. The highest BCUT2D eigenvalue weighted by Crippen LogP contribution is 2.39. The maximum absolute atomic E-state index is 12.8. The molecular weight excluding hydrogens is 147 g/mol. The van der Waals surface area contributed by atoms with Crippen LogP contribution >= 0.6 is 0 Å². The van der Waals surface area contributed by atoms with Crippen molar-refractivity contribution >= 4 is 0 Å². The minimum atomic E-state index is -0.465. The van der Waals surface area contributed by atoms with Gasteiger partial charge in [0.1, 0.15) is 0 Å². The molecule has 0 saturated heterocycles. The Hall–Kier alpha value is -1.19. The van der Waals surface area contributed by atoms with E-state index in [9.17, 15) is 9.18 Å². The van der Waals surface area contributed by atoms with Crippen molar-refractivity contribution in [1.82, 2.24) is 9.97 Å². The number of nitrogens with zero attached hydrogens (tertiary/aromatic N) is 1. The predicted molar refractivity (Wildman–Crippen MR) is 36.8 cm³/mol. The highest BCUT2D eigenvalue weighted by Gasteiger charge is 2.27. The SMILES string of the molecule is O=c1ncc(F)c(C2CC2)[nH]1. The van der Waals surface area contributed by atoms with E-state index >= 15 is 0 Å². The molecule has 1 saturated carbocycles. The molecule has 11 heavy (non-hydrogen) atoms. The van der Waals surface area contributed by atoms with Crippen LogP contribution in [-0.4, -0.2) is 9.97 Å². The molecule has 1 aliphatic rings. The third-order valence-corrected chi connectivity index (χ3v) is 1.78. The van der Waals surface area contributed by atoms with Crippen LogP contribution < -0.4 is 5.69 Å². The summed E-state index contributed by atoms with van der Waals surface area (Å²) in [5, 5.41) is 0. The third kappa shape index (κ3) is 1.15. The summed E-state index contributed by atoms with van der Waals surface area (Å²) in [6.45, 7) is 0. The Labute approximate surface area is 62.3 Å². The lowest BCUT2D eigenvalue weighted by Crippen LogP contribution is -2.13. The van der Waals surface area contributed by atoms with Crippen molar-refractivity contribution in [2.45, 2.75) is 18.8 Å². The highest BCUT2D eigenvalue weighted by molar-refractivity contribution is 5.13. The van der Waals surface area contributed by atoms with Crippen molar-refractivity contribution in [1.29, 1.82) is 0 Å². The van der Waals surface area contributed by atoms with Gasteiger partial charge in [0.2, 0.25) is 0 Å². The zero-order valence-corrected chi connectivity index (χ0v) is 5.80. The number of H-pyrrole nitrogens is 1. The van der Waals surface area contributed by atoms with Crippen LogP contribution in [0.5, 0.6) is 0 Å². The topological polar surface area (TPSA) is 45.8 Å². The van der Waals surface area contributed by atoms with Gasteiger partial charge in [-0.25, -0.2) is 9.18 Å². The van der Waals surface area contributed by atoms with Crippen LogP contribution in [0.15, 0.2) is 11.0 Å². The Bertz CT molecular complexity index is 329. The summed E-state index contributed by atoms with van der Waals surface area (Å²) in [7, 11) is 0. The maximum atomic E-state index is 12.8. The van der Waals surface area contributed by atoms with Crippen molar-refractivity contribution in [3.63, 3.8) is 0 Å². The molecule has 0 aromatic carbocycles. The smallest absolute Gasteiger partial charge is 0.307 e. The fourth-order valence-electron chi connectivity index (χ4n) is 1.06. The van der Waals surface area contributed by atoms with Gasteiger partial charge in [-0.3, -0.25) is 0 Å². The second kappa shape index (κ2) is 2.15. The molecule has 1 N–H and O–H groups in total. The lowest BCUT2D eigenvalue weighted by atomic mass is 10.3. The number of rotatable bonds is 1. The van der Waals surface area contributed by atoms with E-state index in [2.05, 4.69) is 9.97 Å². The zero-order valence-electron chi connectivity index (χ0n) is 5.80. The largest absolute Gasteiger partial charge is 0.345 e. The molecule has 1 aliphatic carbocycles. The average molecular weight is 154 g/mol. The number of halogens is 1. The predicted octanol–water partition coefficient (Wildman–Crippen LogP) is 0.786. The standard InChI is InChI=1S/C7H7FN2O/c8-5-3-9-7(11)10-6(5)4-1-2-4/h3-4H,1-2H2,(H,9,10,11). The van der Waals surface area contributed by atoms with Crippen LogP contribution in [-0.2, 0) is 0 Å². The summed E-state index contributed by atoms with van der Waals surface area (Å²) in [5.74, 6) is -0.169. The Morgan fingerprint density at radius 2 is 2.36 bits per heavy atom. The molecule has 0 spiro atoms.